The zero-order valence-electron chi connectivity index (χ0n) is 18.4. The van der Waals surface area contributed by atoms with Crippen LogP contribution in [0.15, 0.2) is 54.6 Å². The van der Waals surface area contributed by atoms with Gasteiger partial charge in [0.1, 0.15) is 0 Å². The highest BCUT2D eigenvalue weighted by Gasteiger charge is 2.33. The van der Waals surface area contributed by atoms with Crippen LogP contribution in [0, 0.1) is 0 Å². The van der Waals surface area contributed by atoms with Crippen molar-refractivity contribution in [3.05, 3.63) is 71.3 Å². The van der Waals surface area contributed by atoms with Crippen LogP contribution >= 0.6 is 0 Å². The Morgan fingerprint density at radius 2 is 1.58 bits per heavy atom. The monoisotopic (exact) mass is 459 g/mol. The fraction of sp³-hybridized carbons (Fsp3) is 0.440. The Hall–Kier alpha value is -2.87. The van der Waals surface area contributed by atoms with Gasteiger partial charge in [0.15, 0.2) is 0 Å². The third-order valence-electron chi connectivity index (χ3n) is 6.71. The Balaban J connectivity index is 1.22. The molecule has 4 rings (SSSR count). The number of alkyl halides is 3. The third kappa shape index (κ3) is 5.74. The van der Waals surface area contributed by atoms with E-state index < -0.39 is 17.6 Å². The average molecular weight is 460 g/mol. The molecule has 2 heterocycles. The number of halogens is 3. The van der Waals surface area contributed by atoms with E-state index in [4.69, 9.17) is 0 Å². The molecule has 0 radical (unpaired) electrons. The molecule has 0 spiro atoms. The van der Waals surface area contributed by atoms with E-state index in [9.17, 15) is 22.8 Å². The number of rotatable bonds is 5. The van der Waals surface area contributed by atoms with E-state index in [-0.39, 0.29) is 18.0 Å². The van der Waals surface area contributed by atoms with Crippen molar-refractivity contribution in [3.63, 3.8) is 0 Å². The van der Waals surface area contributed by atoms with E-state index in [2.05, 4.69) is 34.5 Å². The maximum absolute atomic E-state index is 12.7. The van der Waals surface area contributed by atoms with Gasteiger partial charge in [-0.05, 0) is 68.1 Å². The number of piperidine rings is 1. The fourth-order valence-corrected chi connectivity index (χ4v) is 4.77. The summed E-state index contributed by atoms with van der Waals surface area (Å²) in [4.78, 5) is 29.0. The molecule has 1 unspecified atom stereocenters. The molecule has 176 valence electrons. The molecule has 0 aliphatic carbocycles. The van der Waals surface area contributed by atoms with Crippen molar-refractivity contribution in [2.75, 3.05) is 32.7 Å². The zero-order chi connectivity index (χ0) is 23.4. The quantitative estimate of drug-likeness (QED) is 0.738. The molecular formula is C25H28F3N3O2. The minimum atomic E-state index is -4.45. The van der Waals surface area contributed by atoms with Crippen molar-refractivity contribution in [1.82, 2.24) is 15.1 Å². The topological polar surface area (TPSA) is 52.7 Å². The van der Waals surface area contributed by atoms with Crippen LogP contribution in [0.2, 0.25) is 0 Å². The molecule has 5 nitrogen and oxygen atoms in total. The third-order valence-corrected chi connectivity index (χ3v) is 6.71. The van der Waals surface area contributed by atoms with Gasteiger partial charge in [0.25, 0.3) is 5.91 Å². The van der Waals surface area contributed by atoms with E-state index in [0.29, 0.717) is 25.0 Å². The molecule has 0 saturated carbocycles. The number of nitrogens with one attached hydrogen (secondary N) is 1. The van der Waals surface area contributed by atoms with Gasteiger partial charge in [-0.25, -0.2) is 0 Å². The molecule has 2 aliphatic rings. The van der Waals surface area contributed by atoms with Gasteiger partial charge < -0.3 is 10.2 Å². The number of amides is 2. The van der Waals surface area contributed by atoms with Gasteiger partial charge in [-0.1, -0.05) is 30.3 Å². The molecule has 2 amide bonds. The fourth-order valence-electron chi connectivity index (χ4n) is 4.77. The van der Waals surface area contributed by atoms with Crippen molar-refractivity contribution < 1.29 is 22.8 Å². The Kier molecular flexibility index (Phi) is 7.02. The molecule has 2 saturated heterocycles. The highest BCUT2D eigenvalue weighted by Crippen LogP contribution is 2.30. The Bertz CT molecular complexity index is 955. The molecule has 1 atom stereocenters. The van der Waals surface area contributed by atoms with Gasteiger partial charge in [-0.15, -0.1) is 0 Å². The van der Waals surface area contributed by atoms with Crippen molar-refractivity contribution in [2.45, 2.75) is 37.4 Å². The summed E-state index contributed by atoms with van der Waals surface area (Å²) in [6, 6.07) is 14.9. The molecule has 1 N–H and O–H groups in total. The summed E-state index contributed by atoms with van der Waals surface area (Å²) in [5.74, 6) is -0.144. The van der Waals surface area contributed by atoms with Gasteiger partial charge in [0.2, 0.25) is 5.91 Å². The van der Waals surface area contributed by atoms with Crippen LogP contribution in [-0.4, -0.2) is 60.4 Å². The lowest BCUT2D eigenvalue weighted by molar-refractivity contribution is -0.137. The summed E-state index contributed by atoms with van der Waals surface area (Å²) >= 11 is 0. The second-order valence-corrected chi connectivity index (χ2v) is 8.76. The van der Waals surface area contributed by atoms with Crippen LogP contribution in [-0.2, 0) is 11.0 Å². The number of carbonyl (C=O) groups excluding carboxylic acids is 2. The second-order valence-electron chi connectivity index (χ2n) is 8.76. The summed E-state index contributed by atoms with van der Waals surface area (Å²) in [6.45, 7) is 3.15. The minimum absolute atomic E-state index is 0.0939. The normalized spacial score (nSPS) is 20.1. The van der Waals surface area contributed by atoms with Crippen molar-refractivity contribution >= 4 is 11.8 Å². The Labute approximate surface area is 191 Å². The van der Waals surface area contributed by atoms with E-state index in [1.54, 1.807) is 4.90 Å². The Morgan fingerprint density at radius 1 is 0.909 bits per heavy atom. The summed E-state index contributed by atoms with van der Waals surface area (Å²) in [7, 11) is 0. The zero-order valence-corrected chi connectivity index (χ0v) is 18.4. The molecule has 2 aromatic rings. The predicted octanol–water partition coefficient (Wildman–Crippen LogP) is 3.92. The lowest BCUT2D eigenvalue weighted by Gasteiger charge is -2.36. The molecular weight excluding hydrogens is 431 g/mol. The lowest BCUT2D eigenvalue weighted by Crippen LogP contribution is -2.44. The number of hydrogen-bond donors (Lipinski definition) is 1. The van der Waals surface area contributed by atoms with Crippen molar-refractivity contribution in [3.8, 4) is 0 Å². The number of hydrogen-bond acceptors (Lipinski definition) is 3. The van der Waals surface area contributed by atoms with Gasteiger partial charge in [-0.3, -0.25) is 14.5 Å². The SMILES string of the molecule is O=C(NCC(=O)N1CCC(N2CCC(c3ccccc3)CC2)C1)c1ccc(C(F)(F)F)cc1. The van der Waals surface area contributed by atoms with E-state index >= 15 is 0 Å². The van der Waals surface area contributed by atoms with Crippen LogP contribution in [0.5, 0.6) is 0 Å². The number of likely N-dealkylation sites (tertiary alicyclic amines) is 2. The number of nitrogens with zero attached hydrogens (tertiary/aromatic N) is 2. The van der Waals surface area contributed by atoms with Gasteiger partial charge in [-0.2, -0.15) is 13.2 Å². The smallest absolute Gasteiger partial charge is 0.343 e. The highest BCUT2D eigenvalue weighted by molar-refractivity contribution is 5.96. The lowest BCUT2D eigenvalue weighted by atomic mass is 9.89. The predicted molar refractivity (Wildman–Crippen MR) is 119 cm³/mol. The van der Waals surface area contributed by atoms with E-state index in [1.807, 2.05) is 6.07 Å². The molecule has 8 heteroatoms. The summed E-state index contributed by atoms with van der Waals surface area (Å²) in [6.07, 6.45) is -1.32. The Morgan fingerprint density at radius 3 is 2.21 bits per heavy atom. The number of benzene rings is 2. The van der Waals surface area contributed by atoms with Gasteiger partial charge >= 0.3 is 6.18 Å². The van der Waals surface area contributed by atoms with Crippen LogP contribution in [0.1, 0.15) is 46.7 Å². The van der Waals surface area contributed by atoms with Crippen LogP contribution in [0.25, 0.3) is 0 Å². The largest absolute Gasteiger partial charge is 0.416 e. The van der Waals surface area contributed by atoms with Crippen molar-refractivity contribution in [2.24, 2.45) is 0 Å². The standard InChI is InChI=1S/C25H28F3N3O2/c26-25(27,28)21-8-6-20(7-9-21)24(33)29-16-23(32)31-15-12-22(17-31)30-13-10-19(11-14-30)18-4-2-1-3-5-18/h1-9,19,22H,10-17H2,(H,29,33). The molecule has 0 aromatic heterocycles. The maximum atomic E-state index is 12.7. The molecule has 2 aliphatic heterocycles. The van der Waals surface area contributed by atoms with Crippen molar-refractivity contribution in [1.29, 1.82) is 0 Å². The maximum Gasteiger partial charge on any atom is 0.416 e. The number of carbonyl (C=O) groups is 2. The first-order valence-electron chi connectivity index (χ1n) is 11.3. The van der Waals surface area contributed by atoms with Crippen LogP contribution in [0.3, 0.4) is 0 Å². The summed E-state index contributed by atoms with van der Waals surface area (Å²) in [5.41, 5.74) is 0.673. The first-order valence-corrected chi connectivity index (χ1v) is 11.3. The molecule has 2 fully saturated rings. The summed E-state index contributed by atoms with van der Waals surface area (Å²) in [5, 5.41) is 2.53. The first-order chi connectivity index (χ1) is 15.8. The second kappa shape index (κ2) is 9.95. The van der Waals surface area contributed by atoms with Crippen LogP contribution < -0.4 is 5.32 Å². The van der Waals surface area contributed by atoms with E-state index in [0.717, 1.165) is 56.6 Å². The molecule has 2 aromatic carbocycles. The van der Waals surface area contributed by atoms with Gasteiger partial charge in [0, 0.05) is 24.7 Å². The first kappa shape index (κ1) is 23.3. The summed E-state index contributed by atoms with van der Waals surface area (Å²) < 4.78 is 38.0. The molecule has 33 heavy (non-hydrogen) atoms. The van der Waals surface area contributed by atoms with Gasteiger partial charge in [0.05, 0.1) is 12.1 Å². The average Bonchev–Trinajstić information content (AvgIpc) is 3.33. The molecule has 0 bridgehead atoms. The minimum Gasteiger partial charge on any atom is -0.343 e. The van der Waals surface area contributed by atoms with E-state index in [1.165, 1.54) is 5.56 Å². The van der Waals surface area contributed by atoms with Crippen LogP contribution in [0.4, 0.5) is 13.2 Å². The highest BCUT2D eigenvalue weighted by atomic mass is 19.4.